The van der Waals surface area contributed by atoms with Crippen LogP contribution in [0, 0.1) is 17.0 Å². The molecular formula is C18H12F2N2. The fourth-order valence-electron chi connectivity index (χ4n) is 2.39. The summed E-state index contributed by atoms with van der Waals surface area (Å²) < 4.78 is 27.1. The smallest absolute Gasteiger partial charge is 0.134 e. The molecule has 0 aromatic heterocycles. The molecule has 2 aromatic rings. The quantitative estimate of drug-likeness (QED) is 0.498. The molecule has 22 heavy (non-hydrogen) atoms. The van der Waals surface area contributed by atoms with E-state index in [0.717, 1.165) is 17.2 Å². The minimum absolute atomic E-state index is 0.287. The molecule has 3 rings (SSSR count). The third-order valence-corrected chi connectivity index (χ3v) is 3.50. The van der Waals surface area contributed by atoms with Crippen molar-refractivity contribution in [1.29, 1.82) is 5.41 Å². The fourth-order valence-corrected chi connectivity index (χ4v) is 2.39. The van der Waals surface area contributed by atoms with Gasteiger partial charge in [0.2, 0.25) is 0 Å². The van der Waals surface area contributed by atoms with E-state index < -0.39 is 11.6 Å². The molecule has 0 fully saturated rings. The molecule has 1 aliphatic carbocycles. The molecule has 0 aliphatic heterocycles. The van der Waals surface area contributed by atoms with Crippen molar-refractivity contribution in [3.05, 3.63) is 82.6 Å². The Bertz CT molecular complexity index is 873. The summed E-state index contributed by atoms with van der Waals surface area (Å²) in [6.45, 7) is 0. The molecule has 0 atom stereocenters. The van der Waals surface area contributed by atoms with E-state index in [2.05, 4.69) is 5.73 Å². The van der Waals surface area contributed by atoms with Gasteiger partial charge in [-0.3, -0.25) is 0 Å². The first-order valence-electron chi connectivity index (χ1n) is 6.63. The van der Waals surface area contributed by atoms with Crippen LogP contribution in [0.3, 0.4) is 0 Å². The molecule has 2 aromatic carbocycles. The lowest BCUT2D eigenvalue weighted by molar-refractivity contribution is 0.581. The number of anilines is 1. The number of hydrogen-bond acceptors (Lipinski definition) is 2. The monoisotopic (exact) mass is 294 g/mol. The zero-order valence-corrected chi connectivity index (χ0v) is 11.5. The van der Waals surface area contributed by atoms with Gasteiger partial charge in [0.1, 0.15) is 11.6 Å². The summed E-state index contributed by atoms with van der Waals surface area (Å²) in [4.78, 5) is 0. The van der Waals surface area contributed by atoms with Gasteiger partial charge in [-0.1, -0.05) is 6.07 Å². The molecule has 0 spiro atoms. The van der Waals surface area contributed by atoms with Crippen LogP contribution in [0.25, 0.3) is 11.1 Å². The van der Waals surface area contributed by atoms with Gasteiger partial charge in [0.25, 0.3) is 0 Å². The third kappa shape index (κ3) is 2.36. The van der Waals surface area contributed by atoms with Crippen LogP contribution in [0.2, 0.25) is 0 Å². The lowest BCUT2D eigenvalue weighted by atomic mass is 9.93. The van der Waals surface area contributed by atoms with Crippen LogP contribution in [0.1, 0.15) is 16.7 Å². The molecule has 108 valence electrons. The molecule has 1 aliphatic rings. The highest BCUT2D eigenvalue weighted by Gasteiger charge is 2.17. The minimum Gasteiger partial charge on any atom is -0.398 e. The van der Waals surface area contributed by atoms with E-state index in [-0.39, 0.29) is 5.56 Å². The zero-order valence-electron chi connectivity index (χ0n) is 11.5. The maximum atomic E-state index is 14.0. The van der Waals surface area contributed by atoms with Gasteiger partial charge >= 0.3 is 0 Å². The first-order valence-corrected chi connectivity index (χ1v) is 6.63. The van der Waals surface area contributed by atoms with Crippen LogP contribution in [0.4, 0.5) is 14.5 Å². The maximum absolute atomic E-state index is 14.0. The van der Waals surface area contributed by atoms with Gasteiger partial charge in [0.05, 0.1) is 0 Å². The SMILES string of the molecule is N=Cc1cc(C2=CC=C=C2c2ccc(F)cc2F)ccc1N. The summed E-state index contributed by atoms with van der Waals surface area (Å²) in [7, 11) is 0. The molecule has 2 nitrogen and oxygen atoms in total. The van der Waals surface area contributed by atoms with Crippen LogP contribution in [0.15, 0.2) is 54.3 Å². The highest BCUT2D eigenvalue weighted by molar-refractivity contribution is 6.07. The molecule has 0 heterocycles. The van der Waals surface area contributed by atoms with Crippen molar-refractivity contribution in [3.63, 3.8) is 0 Å². The van der Waals surface area contributed by atoms with Crippen molar-refractivity contribution < 1.29 is 8.78 Å². The summed E-state index contributed by atoms with van der Waals surface area (Å²) in [6.07, 6.45) is 4.66. The second-order valence-corrected chi connectivity index (χ2v) is 4.88. The number of nitrogen functional groups attached to an aromatic ring is 1. The molecule has 0 radical (unpaired) electrons. The highest BCUT2D eigenvalue weighted by atomic mass is 19.1. The summed E-state index contributed by atoms with van der Waals surface area (Å²) in [5.41, 5.74) is 12.3. The van der Waals surface area contributed by atoms with E-state index in [1.807, 2.05) is 0 Å². The molecule has 0 unspecified atom stereocenters. The van der Waals surface area contributed by atoms with Crippen LogP contribution < -0.4 is 5.73 Å². The van der Waals surface area contributed by atoms with E-state index in [0.29, 0.717) is 16.8 Å². The van der Waals surface area contributed by atoms with Gasteiger partial charge in [-0.2, -0.15) is 0 Å². The Morgan fingerprint density at radius 1 is 1.09 bits per heavy atom. The molecule has 3 N–H and O–H groups in total. The molecule has 0 saturated carbocycles. The molecule has 0 saturated heterocycles. The van der Waals surface area contributed by atoms with Crippen LogP contribution in [-0.2, 0) is 0 Å². The van der Waals surface area contributed by atoms with Gasteiger partial charge in [0.15, 0.2) is 0 Å². The summed E-state index contributed by atoms with van der Waals surface area (Å²) in [6, 6.07) is 8.73. The summed E-state index contributed by atoms with van der Waals surface area (Å²) in [5.74, 6) is -1.25. The Labute approximate surface area is 126 Å². The minimum atomic E-state index is -0.633. The number of nitrogens with two attached hydrogens (primary N) is 1. The first kappa shape index (κ1) is 14.0. The van der Waals surface area contributed by atoms with E-state index in [1.54, 1.807) is 30.4 Å². The third-order valence-electron chi connectivity index (χ3n) is 3.50. The van der Waals surface area contributed by atoms with Gasteiger partial charge in [-0.05, 0) is 47.6 Å². The second-order valence-electron chi connectivity index (χ2n) is 4.88. The average molecular weight is 294 g/mol. The second kappa shape index (κ2) is 5.43. The fraction of sp³-hybridized carbons (Fsp3) is 0. The Kier molecular flexibility index (Phi) is 3.45. The van der Waals surface area contributed by atoms with Crippen molar-refractivity contribution in [2.75, 3.05) is 5.73 Å². The largest absolute Gasteiger partial charge is 0.398 e. The Balaban J connectivity index is 2.06. The number of benzene rings is 2. The van der Waals surface area contributed by atoms with Crippen molar-refractivity contribution in [2.45, 2.75) is 0 Å². The summed E-state index contributed by atoms with van der Waals surface area (Å²) in [5, 5.41) is 7.37. The van der Waals surface area contributed by atoms with Crippen LogP contribution in [-0.4, -0.2) is 6.21 Å². The summed E-state index contributed by atoms with van der Waals surface area (Å²) >= 11 is 0. The van der Waals surface area contributed by atoms with Gasteiger partial charge in [0, 0.05) is 34.7 Å². The van der Waals surface area contributed by atoms with Gasteiger partial charge in [-0.25, -0.2) is 8.78 Å². The van der Waals surface area contributed by atoms with Crippen molar-refractivity contribution in [2.24, 2.45) is 0 Å². The molecule has 4 heteroatoms. The lowest BCUT2D eigenvalue weighted by Gasteiger charge is -2.11. The highest BCUT2D eigenvalue weighted by Crippen LogP contribution is 2.35. The Hall–Kier alpha value is -2.97. The van der Waals surface area contributed by atoms with Crippen LogP contribution in [0.5, 0.6) is 0 Å². The first-order chi connectivity index (χ1) is 10.6. The predicted octanol–water partition coefficient (Wildman–Crippen LogP) is 4.18. The molecule has 0 bridgehead atoms. The number of allylic oxidation sites excluding steroid dienone is 3. The number of halogens is 2. The number of hydrogen-bond donors (Lipinski definition) is 2. The Morgan fingerprint density at radius 2 is 1.91 bits per heavy atom. The normalized spacial score (nSPS) is 13.0. The van der Waals surface area contributed by atoms with Crippen molar-refractivity contribution >= 4 is 23.0 Å². The number of rotatable bonds is 3. The van der Waals surface area contributed by atoms with E-state index in [1.165, 1.54) is 18.3 Å². The van der Waals surface area contributed by atoms with Gasteiger partial charge < -0.3 is 11.1 Å². The standard InChI is InChI=1S/C18H12F2N2/c19-13-5-6-16(17(20)9-13)15-3-1-2-14(15)11-4-7-18(22)12(8-11)10-21/h1-2,4-10,21H,22H2. The van der Waals surface area contributed by atoms with E-state index in [9.17, 15) is 8.78 Å². The average Bonchev–Trinajstić information content (AvgIpc) is 2.97. The molecule has 0 amide bonds. The zero-order chi connectivity index (χ0) is 15.7. The van der Waals surface area contributed by atoms with Crippen molar-refractivity contribution in [1.82, 2.24) is 0 Å². The van der Waals surface area contributed by atoms with Crippen molar-refractivity contribution in [3.8, 4) is 0 Å². The maximum Gasteiger partial charge on any atom is 0.134 e. The molecular weight excluding hydrogens is 282 g/mol. The van der Waals surface area contributed by atoms with Gasteiger partial charge in [-0.15, -0.1) is 5.73 Å². The number of nitrogens with one attached hydrogen (secondary N) is 1. The topological polar surface area (TPSA) is 49.9 Å². The van der Waals surface area contributed by atoms with Crippen LogP contribution >= 0.6 is 0 Å². The van der Waals surface area contributed by atoms with E-state index in [4.69, 9.17) is 11.1 Å². The lowest BCUT2D eigenvalue weighted by Crippen LogP contribution is -1.97. The van der Waals surface area contributed by atoms with E-state index >= 15 is 0 Å². The predicted molar refractivity (Wildman–Crippen MR) is 84.6 cm³/mol. The Morgan fingerprint density at radius 3 is 2.64 bits per heavy atom.